The van der Waals surface area contributed by atoms with Gasteiger partial charge in [-0.15, -0.1) is 0 Å². The van der Waals surface area contributed by atoms with Gasteiger partial charge >= 0.3 is 6.09 Å². The number of piperidine rings is 1. The highest BCUT2D eigenvalue weighted by molar-refractivity contribution is 5.89. The van der Waals surface area contributed by atoms with Gasteiger partial charge in [0.05, 0.1) is 6.04 Å². The summed E-state index contributed by atoms with van der Waals surface area (Å²) in [5, 5.41) is 9.23. The summed E-state index contributed by atoms with van der Waals surface area (Å²) in [5.74, 6) is 1.09. The summed E-state index contributed by atoms with van der Waals surface area (Å²) in [7, 11) is 0. The third-order valence-corrected chi connectivity index (χ3v) is 4.24. The zero-order valence-electron chi connectivity index (χ0n) is 10.7. The van der Waals surface area contributed by atoms with E-state index in [1.165, 1.54) is 4.90 Å². The van der Waals surface area contributed by atoms with Crippen LogP contribution in [0.15, 0.2) is 30.3 Å². The van der Waals surface area contributed by atoms with Crippen molar-refractivity contribution in [2.75, 3.05) is 6.54 Å². The van der Waals surface area contributed by atoms with E-state index in [4.69, 9.17) is 0 Å². The molecule has 2 aliphatic rings. The molecular formula is C15H17NO3. The van der Waals surface area contributed by atoms with Crippen molar-refractivity contribution in [3.05, 3.63) is 35.9 Å². The summed E-state index contributed by atoms with van der Waals surface area (Å²) in [6, 6.07) is 9.08. The SMILES string of the molecule is O=C(Cc1ccccc1)[C@@H]1C[C@@H]2C[C@@H]2CN1C(=O)O. The lowest BCUT2D eigenvalue weighted by atomic mass is 9.95. The van der Waals surface area contributed by atoms with Crippen molar-refractivity contribution >= 4 is 11.9 Å². The predicted molar refractivity (Wildman–Crippen MR) is 69.9 cm³/mol. The highest BCUT2D eigenvalue weighted by atomic mass is 16.4. The molecule has 19 heavy (non-hydrogen) atoms. The number of carboxylic acid groups (broad SMARTS) is 1. The summed E-state index contributed by atoms with van der Waals surface area (Å²) >= 11 is 0. The monoisotopic (exact) mass is 259 g/mol. The van der Waals surface area contributed by atoms with Gasteiger partial charge in [-0.1, -0.05) is 30.3 Å². The number of hydrogen-bond donors (Lipinski definition) is 1. The van der Waals surface area contributed by atoms with Crippen LogP contribution >= 0.6 is 0 Å². The lowest BCUT2D eigenvalue weighted by molar-refractivity contribution is -0.124. The van der Waals surface area contributed by atoms with Crippen molar-refractivity contribution in [3.63, 3.8) is 0 Å². The van der Waals surface area contributed by atoms with E-state index in [1.54, 1.807) is 0 Å². The highest BCUT2D eigenvalue weighted by Gasteiger charge is 2.48. The molecule has 0 spiro atoms. The molecule has 100 valence electrons. The third kappa shape index (κ3) is 2.48. The van der Waals surface area contributed by atoms with Crippen LogP contribution in [0.4, 0.5) is 4.79 Å². The first-order chi connectivity index (χ1) is 9.15. The summed E-state index contributed by atoms with van der Waals surface area (Å²) in [6.07, 6.45) is 1.16. The van der Waals surface area contributed by atoms with Crippen molar-refractivity contribution in [2.24, 2.45) is 11.8 Å². The van der Waals surface area contributed by atoms with Gasteiger partial charge < -0.3 is 5.11 Å². The summed E-state index contributed by atoms with van der Waals surface area (Å²) in [6.45, 7) is 0.533. The van der Waals surface area contributed by atoms with Crippen LogP contribution in [0, 0.1) is 11.8 Å². The molecule has 1 aromatic rings. The number of hydrogen-bond acceptors (Lipinski definition) is 2. The maximum atomic E-state index is 12.3. The largest absolute Gasteiger partial charge is 0.465 e. The van der Waals surface area contributed by atoms with E-state index in [2.05, 4.69) is 0 Å². The maximum Gasteiger partial charge on any atom is 0.407 e. The Bertz CT molecular complexity index is 499. The van der Waals surface area contributed by atoms with Gasteiger partial charge in [-0.2, -0.15) is 0 Å². The number of amides is 1. The van der Waals surface area contributed by atoms with Crippen LogP contribution in [0.5, 0.6) is 0 Å². The minimum absolute atomic E-state index is 0.0268. The number of likely N-dealkylation sites (tertiary alicyclic amines) is 1. The van der Waals surface area contributed by atoms with Gasteiger partial charge in [-0.25, -0.2) is 4.79 Å². The molecule has 1 aliphatic heterocycles. The van der Waals surface area contributed by atoms with E-state index in [9.17, 15) is 14.7 Å². The average Bonchev–Trinajstić information content (AvgIpc) is 3.16. The molecule has 2 fully saturated rings. The Morgan fingerprint density at radius 1 is 1.16 bits per heavy atom. The number of ketones is 1. The van der Waals surface area contributed by atoms with Crippen LogP contribution in [-0.4, -0.2) is 34.5 Å². The smallest absolute Gasteiger partial charge is 0.407 e. The minimum atomic E-state index is -0.961. The quantitative estimate of drug-likeness (QED) is 0.905. The van der Waals surface area contributed by atoms with Crippen molar-refractivity contribution < 1.29 is 14.7 Å². The lowest BCUT2D eigenvalue weighted by Crippen LogP contribution is -2.48. The molecule has 0 aromatic heterocycles. The molecule has 0 bridgehead atoms. The van der Waals surface area contributed by atoms with Crippen LogP contribution in [-0.2, 0) is 11.2 Å². The molecule has 3 rings (SSSR count). The first kappa shape index (κ1) is 12.2. The van der Waals surface area contributed by atoms with Crippen molar-refractivity contribution in [1.82, 2.24) is 4.90 Å². The molecule has 0 radical (unpaired) electrons. The number of nitrogens with zero attached hydrogens (tertiary/aromatic N) is 1. The molecule has 1 saturated heterocycles. The minimum Gasteiger partial charge on any atom is -0.465 e. The van der Waals surface area contributed by atoms with Crippen LogP contribution in [0.3, 0.4) is 0 Å². The second-order valence-electron chi connectivity index (χ2n) is 5.57. The second kappa shape index (κ2) is 4.68. The van der Waals surface area contributed by atoms with Crippen LogP contribution in [0.2, 0.25) is 0 Å². The van der Waals surface area contributed by atoms with E-state index < -0.39 is 12.1 Å². The van der Waals surface area contributed by atoms with E-state index in [0.717, 1.165) is 12.0 Å². The second-order valence-corrected chi connectivity index (χ2v) is 5.57. The normalized spacial score (nSPS) is 28.6. The Morgan fingerprint density at radius 2 is 1.89 bits per heavy atom. The molecule has 1 N–H and O–H groups in total. The molecule has 1 amide bonds. The molecule has 1 aliphatic carbocycles. The molecular weight excluding hydrogens is 242 g/mol. The van der Waals surface area contributed by atoms with Crippen molar-refractivity contribution in [1.29, 1.82) is 0 Å². The molecule has 0 unspecified atom stereocenters. The van der Waals surface area contributed by atoms with Gasteiger partial charge in [0, 0.05) is 13.0 Å². The number of Topliss-reactive ketones (excluding diaryl/α,β-unsaturated/α-hetero) is 1. The zero-order chi connectivity index (χ0) is 13.4. The zero-order valence-corrected chi connectivity index (χ0v) is 10.7. The van der Waals surface area contributed by atoms with Crippen molar-refractivity contribution in [3.8, 4) is 0 Å². The van der Waals surface area contributed by atoms with E-state index in [1.807, 2.05) is 30.3 Å². The lowest BCUT2D eigenvalue weighted by Gasteiger charge is -2.32. The van der Waals surface area contributed by atoms with Crippen LogP contribution in [0.25, 0.3) is 0 Å². The first-order valence-electron chi connectivity index (χ1n) is 6.71. The molecule has 4 nitrogen and oxygen atoms in total. The fraction of sp³-hybridized carbons (Fsp3) is 0.467. The molecule has 4 heteroatoms. The molecule has 1 heterocycles. The fourth-order valence-electron chi connectivity index (χ4n) is 3.05. The third-order valence-electron chi connectivity index (χ3n) is 4.24. The Labute approximate surface area is 112 Å². The summed E-state index contributed by atoms with van der Waals surface area (Å²) in [4.78, 5) is 24.9. The van der Waals surface area contributed by atoms with Crippen LogP contribution < -0.4 is 0 Å². The summed E-state index contributed by atoms with van der Waals surface area (Å²) in [5.41, 5.74) is 0.954. The van der Waals surface area contributed by atoms with Gasteiger partial charge in [0.25, 0.3) is 0 Å². The first-order valence-corrected chi connectivity index (χ1v) is 6.71. The Hall–Kier alpha value is -1.84. The van der Waals surface area contributed by atoms with E-state index in [0.29, 0.717) is 31.2 Å². The number of carbonyl (C=O) groups is 2. The number of rotatable bonds is 3. The Balaban J connectivity index is 1.72. The van der Waals surface area contributed by atoms with E-state index in [-0.39, 0.29) is 5.78 Å². The Kier molecular flexibility index (Phi) is 3.01. The standard InChI is InChI=1S/C15H17NO3/c17-14(6-10-4-2-1-3-5-10)13-8-11-7-12(11)9-16(13)15(18)19/h1-5,11-13H,6-9H2,(H,18,19)/t11-,12+,13-/m0/s1. The molecule has 1 aromatic carbocycles. The van der Waals surface area contributed by atoms with Gasteiger partial charge in [0.15, 0.2) is 5.78 Å². The number of benzene rings is 1. The van der Waals surface area contributed by atoms with Crippen molar-refractivity contribution in [2.45, 2.75) is 25.3 Å². The Morgan fingerprint density at radius 3 is 2.58 bits per heavy atom. The van der Waals surface area contributed by atoms with Gasteiger partial charge in [0.1, 0.15) is 0 Å². The van der Waals surface area contributed by atoms with E-state index >= 15 is 0 Å². The maximum absolute atomic E-state index is 12.3. The number of carbonyl (C=O) groups excluding carboxylic acids is 1. The molecule has 3 atom stereocenters. The number of fused-ring (bicyclic) bond motifs is 1. The van der Waals surface area contributed by atoms with Gasteiger partial charge in [-0.05, 0) is 30.2 Å². The fourth-order valence-corrected chi connectivity index (χ4v) is 3.05. The van der Waals surface area contributed by atoms with Gasteiger partial charge in [0.2, 0.25) is 0 Å². The van der Waals surface area contributed by atoms with Crippen LogP contribution in [0.1, 0.15) is 18.4 Å². The highest BCUT2D eigenvalue weighted by Crippen LogP contribution is 2.47. The topological polar surface area (TPSA) is 57.6 Å². The predicted octanol–water partition coefficient (Wildman–Crippen LogP) is 2.19. The van der Waals surface area contributed by atoms with Gasteiger partial charge in [-0.3, -0.25) is 9.69 Å². The molecule has 1 saturated carbocycles. The summed E-state index contributed by atoms with van der Waals surface area (Å²) < 4.78 is 0. The average molecular weight is 259 g/mol.